The van der Waals surface area contributed by atoms with E-state index in [1.807, 2.05) is 36.4 Å². The van der Waals surface area contributed by atoms with Crippen LogP contribution in [0.5, 0.6) is 5.75 Å². The molecule has 0 aromatic heterocycles. The van der Waals surface area contributed by atoms with Crippen LogP contribution in [0.4, 0.5) is 0 Å². The van der Waals surface area contributed by atoms with Gasteiger partial charge in [-0.3, -0.25) is 0 Å². The van der Waals surface area contributed by atoms with Crippen molar-refractivity contribution in [2.45, 2.75) is 71.1 Å². The molecular weight excluding hydrogens is 413 g/mol. The molecule has 0 amide bonds. The van der Waals surface area contributed by atoms with E-state index in [1.54, 1.807) is 0 Å². The van der Waals surface area contributed by atoms with Crippen LogP contribution < -0.4 is 10.1 Å². The molecule has 4 saturated carbocycles. The van der Waals surface area contributed by atoms with Crippen molar-refractivity contribution in [3.63, 3.8) is 0 Å². The summed E-state index contributed by atoms with van der Waals surface area (Å²) in [6.07, 6.45) is 8.14. The number of rotatable bonds is 6. The fourth-order valence-corrected chi connectivity index (χ4v) is 7.82. The molecule has 4 bridgehead atoms. The minimum absolute atomic E-state index is 0.263. The van der Waals surface area contributed by atoms with Crippen molar-refractivity contribution in [3.8, 4) is 5.75 Å². The third-order valence-corrected chi connectivity index (χ3v) is 8.10. The maximum Gasteiger partial charge on any atom is 0.124 e. The van der Waals surface area contributed by atoms with Crippen LogP contribution in [0.25, 0.3) is 0 Å². The van der Waals surface area contributed by atoms with E-state index in [4.69, 9.17) is 27.9 Å². The zero-order chi connectivity index (χ0) is 21.0. The van der Waals surface area contributed by atoms with Crippen molar-refractivity contribution in [1.82, 2.24) is 5.32 Å². The molecule has 0 heterocycles. The molecule has 4 aliphatic carbocycles. The monoisotopic (exact) mass is 443 g/mol. The molecule has 1 N–H and O–H groups in total. The highest BCUT2D eigenvalue weighted by Gasteiger charge is 2.59. The number of ether oxygens (including phenoxy) is 1. The molecule has 0 aliphatic heterocycles. The molecule has 160 valence electrons. The molecule has 2 nitrogen and oxygen atoms in total. The van der Waals surface area contributed by atoms with Crippen molar-refractivity contribution in [2.24, 2.45) is 16.7 Å². The molecule has 2 aromatic carbocycles. The molecule has 30 heavy (non-hydrogen) atoms. The minimum Gasteiger partial charge on any atom is -0.489 e. The van der Waals surface area contributed by atoms with Gasteiger partial charge in [0, 0.05) is 27.7 Å². The Morgan fingerprint density at radius 3 is 2.23 bits per heavy atom. The highest BCUT2D eigenvalue weighted by Crippen LogP contribution is 2.66. The predicted octanol–water partition coefficient (Wildman–Crippen LogP) is 7.41. The standard InChI is InChI=1S/C26H31Cl2NO/c1-24-10-19-11-25(2,15-24)17-26(12-19,16-24)29-13-20-9-22(28)7-8-23(20)30-14-18-3-5-21(27)6-4-18/h3-9,19,29H,10-17H2,1-2H3/t19?,24-,25+,26?. The lowest BCUT2D eigenvalue weighted by atomic mass is 9.43. The molecule has 2 unspecified atom stereocenters. The van der Waals surface area contributed by atoms with Gasteiger partial charge in [0.25, 0.3) is 0 Å². The summed E-state index contributed by atoms with van der Waals surface area (Å²) in [4.78, 5) is 0. The molecule has 4 atom stereocenters. The normalized spacial score (nSPS) is 34.3. The van der Waals surface area contributed by atoms with E-state index in [0.29, 0.717) is 17.4 Å². The topological polar surface area (TPSA) is 21.3 Å². The number of benzene rings is 2. The van der Waals surface area contributed by atoms with Crippen LogP contribution in [-0.2, 0) is 13.2 Å². The molecule has 0 saturated heterocycles. The van der Waals surface area contributed by atoms with Crippen molar-refractivity contribution < 1.29 is 4.74 Å². The summed E-state index contributed by atoms with van der Waals surface area (Å²) in [6, 6.07) is 13.8. The SMILES string of the molecule is C[C@]12CC3CC(NCc4cc(Cl)ccc4OCc4ccc(Cl)cc4)(C1)C[C@@](C)(C3)C2. The van der Waals surface area contributed by atoms with Gasteiger partial charge < -0.3 is 10.1 Å². The van der Waals surface area contributed by atoms with Gasteiger partial charge in [0.1, 0.15) is 12.4 Å². The van der Waals surface area contributed by atoms with Crippen molar-refractivity contribution >= 4 is 23.2 Å². The average Bonchev–Trinajstić information content (AvgIpc) is 2.64. The second-order valence-electron chi connectivity index (χ2n) is 10.9. The summed E-state index contributed by atoms with van der Waals surface area (Å²) >= 11 is 12.3. The quantitative estimate of drug-likeness (QED) is 0.501. The van der Waals surface area contributed by atoms with Gasteiger partial charge in [0.15, 0.2) is 0 Å². The molecule has 0 radical (unpaired) electrons. The maximum absolute atomic E-state index is 6.35. The number of halogens is 2. The fourth-order valence-electron chi connectivity index (χ4n) is 7.50. The average molecular weight is 444 g/mol. The van der Waals surface area contributed by atoms with Gasteiger partial charge in [-0.1, -0.05) is 49.2 Å². The van der Waals surface area contributed by atoms with E-state index < -0.39 is 0 Å². The van der Waals surface area contributed by atoms with Crippen LogP contribution in [0, 0.1) is 16.7 Å². The van der Waals surface area contributed by atoms with E-state index in [-0.39, 0.29) is 5.54 Å². The first-order chi connectivity index (χ1) is 14.2. The van der Waals surface area contributed by atoms with Crippen LogP contribution in [0.3, 0.4) is 0 Å². The maximum atomic E-state index is 6.35. The Labute approximate surface area is 190 Å². The third kappa shape index (κ3) is 4.11. The van der Waals surface area contributed by atoms with E-state index in [0.717, 1.165) is 39.4 Å². The molecule has 6 rings (SSSR count). The third-order valence-electron chi connectivity index (χ3n) is 7.61. The summed E-state index contributed by atoms with van der Waals surface area (Å²) in [7, 11) is 0. The Hall–Kier alpha value is -1.22. The summed E-state index contributed by atoms with van der Waals surface area (Å²) in [5, 5.41) is 5.51. The van der Waals surface area contributed by atoms with Crippen LogP contribution in [-0.4, -0.2) is 5.54 Å². The van der Waals surface area contributed by atoms with Gasteiger partial charge in [-0.25, -0.2) is 0 Å². The van der Waals surface area contributed by atoms with Crippen LogP contribution in [0.2, 0.25) is 10.0 Å². The highest BCUT2D eigenvalue weighted by atomic mass is 35.5. The Morgan fingerprint density at radius 1 is 0.900 bits per heavy atom. The summed E-state index contributed by atoms with van der Waals surface area (Å²) in [5.74, 6) is 1.78. The van der Waals surface area contributed by atoms with Gasteiger partial charge in [-0.15, -0.1) is 0 Å². The second-order valence-corrected chi connectivity index (χ2v) is 11.8. The van der Waals surface area contributed by atoms with Crippen LogP contribution >= 0.6 is 23.2 Å². The Balaban J connectivity index is 1.31. The van der Waals surface area contributed by atoms with Crippen molar-refractivity contribution in [3.05, 3.63) is 63.6 Å². The van der Waals surface area contributed by atoms with E-state index in [9.17, 15) is 0 Å². The summed E-state index contributed by atoms with van der Waals surface area (Å²) < 4.78 is 6.19. The predicted molar refractivity (Wildman–Crippen MR) is 124 cm³/mol. The first-order valence-electron chi connectivity index (χ1n) is 11.1. The fraction of sp³-hybridized carbons (Fsp3) is 0.538. The Bertz CT molecular complexity index is 923. The zero-order valence-corrected chi connectivity index (χ0v) is 19.5. The molecule has 4 heteroatoms. The smallest absolute Gasteiger partial charge is 0.124 e. The van der Waals surface area contributed by atoms with Crippen LogP contribution in [0.15, 0.2) is 42.5 Å². The van der Waals surface area contributed by atoms with Crippen LogP contribution in [0.1, 0.15) is 63.5 Å². The highest BCUT2D eigenvalue weighted by molar-refractivity contribution is 6.30. The molecule has 4 fully saturated rings. The molecule has 0 spiro atoms. The van der Waals surface area contributed by atoms with Gasteiger partial charge in [0.05, 0.1) is 0 Å². The van der Waals surface area contributed by atoms with Gasteiger partial charge in [0.2, 0.25) is 0 Å². The molecule has 4 aliphatic rings. The number of hydrogen-bond donors (Lipinski definition) is 1. The first kappa shape index (κ1) is 20.7. The minimum atomic E-state index is 0.263. The van der Waals surface area contributed by atoms with Gasteiger partial charge >= 0.3 is 0 Å². The Kier molecular flexibility index (Phi) is 5.12. The first-order valence-corrected chi connectivity index (χ1v) is 11.9. The Morgan fingerprint density at radius 2 is 1.57 bits per heavy atom. The lowest BCUT2D eigenvalue weighted by molar-refractivity contribution is -0.118. The summed E-state index contributed by atoms with van der Waals surface area (Å²) in [6.45, 7) is 6.36. The van der Waals surface area contributed by atoms with Gasteiger partial charge in [-0.2, -0.15) is 0 Å². The largest absolute Gasteiger partial charge is 0.489 e. The second kappa shape index (κ2) is 7.43. The lowest BCUT2D eigenvalue weighted by Crippen LogP contribution is -2.63. The van der Waals surface area contributed by atoms with E-state index >= 15 is 0 Å². The van der Waals surface area contributed by atoms with E-state index in [1.165, 1.54) is 38.5 Å². The molecular formula is C26H31Cl2NO. The number of nitrogens with one attached hydrogen (secondary N) is 1. The summed E-state index contributed by atoms with van der Waals surface area (Å²) in [5.41, 5.74) is 3.52. The molecule has 2 aromatic rings. The zero-order valence-electron chi connectivity index (χ0n) is 17.9. The van der Waals surface area contributed by atoms with Crippen molar-refractivity contribution in [2.75, 3.05) is 0 Å². The van der Waals surface area contributed by atoms with Crippen molar-refractivity contribution in [1.29, 1.82) is 0 Å². The van der Waals surface area contributed by atoms with E-state index in [2.05, 4.69) is 25.2 Å². The lowest BCUT2D eigenvalue weighted by Gasteiger charge is -2.65. The number of hydrogen-bond acceptors (Lipinski definition) is 2. The van der Waals surface area contributed by atoms with Gasteiger partial charge in [-0.05, 0) is 91.2 Å².